The number of primary amides is 1. The molecule has 0 aliphatic rings. The van der Waals surface area contributed by atoms with Gasteiger partial charge < -0.3 is 15.9 Å². The van der Waals surface area contributed by atoms with Gasteiger partial charge in [-0.1, -0.05) is 12.1 Å². The Morgan fingerprint density at radius 3 is 2.61 bits per heavy atom. The fraction of sp³-hybridized carbons (Fsp3) is 0.462. The van der Waals surface area contributed by atoms with E-state index >= 15 is 0 Å². The minimum Gasteiger partial charge on any atom is -0.396 e. The van der Waals surface area contributed by atoms with Crippen molar-refractivity contribution in [3.63, 3.8) is 0 Å². The van der Waals surface area contributed by atoms with Crippen LogP contribution in [0.1, 0.15) is 22.3 Å². The van der Waals surface area contributed by atoms with E-state index in [1.54, 1.807) is 18.2 Å². The van der Waals surface area contributed by atoms with Crippen LogP contribution in [0, 0.1) is 0 Å². The fourth-order valence-electron chi connectivity index (χ4n) is 1.79. The number of carbonyl (C=O) groups excluding carboxylic acids is 1. The number of aliphatic hydroxyl groups excluding tert-OH is 2. The SMILES string of the molecule is NC(=O)c1cccc(CN(CCO)CCCO)c1. The summed E-state index contributed by atoms with van der Waals surface area (Å²) in [5.41, 5.74) is 6.68. The number of nitrogens with two attached hydrogens (primary N) is 1. The summed E-state index contributed by atoms with van der Waals surface area (Å²) in [5, 5.41) is 17.8. The molecular weight excluding hydrogens is 232 g/mol. The topological polar surface area (TPSA) is 86.8 Å². The molecule has 0 fully saturated rings. The Hall–Kier alpha value is -1.43. The van der Waals surface area contributed by atoms with Crippen LogP contribution in [0.5, 0.6) is 0 Å². The van der Waals surface area contributed by atoms with Gasteiger partial charge >= 0.3 is 0 Å². The average Bonchev–Trinajstić information content (AvgIpc) is 2.36. The molecule has 4 N–H and O–H groups in total. The number of hydrogen-bond donors (Lipinski definition) is 3. The molecule has 1 aromatic carbocycles. The van der Waals surface area contributed by atoms with Crippen molar-refractivity contribution in [1.29, 1.82) is 0 Å². The summed E-state index contributed by atoms with van der Waals surface area (Å²) < 4.78 is 0. The second-order valence-electron chi connectivity index (χ2n) is 4.14. The van der Waals surface area contributed by atoms with Gasteiger partial charge in [0.25, 0.3) is 0 Å². The highest BCUT2D eigenvalue weighted by Crippen LogP contribution is 2.08. The molecule has 5 nitrogen and oxygen atoms in total. The molecule has 0 aliphatic carbocycles. The van der Waals surface area contributed by atoms with E-state index in [0.717, 1.165) is 5.56 Å². The molecule has 18 heavy (non-hydrogen) atoms. The maximum absolute atomic E-state index is 11.1. The molecule has 0 radical (unpaired) electrons. The number of amides is 1. The van der Waals surface area contributed by atoms with Gasteiger partial charge in [0, 0.05) is 31.8 Å². The van der Waals surface area contributed by atoms with E-state index in [2.05, 4.69) is 0 Å². The number of nitrogens with zero attached hydrogens (tertiary/aromatic N) is 1. The van der Waals surface area contributed by atoms with Crippen LogP contribution < -0.4 is 5.73 Å². The first-order valence-corrected chi connectivity index (χ1v) is 6.00. The lowest BCUT2D eigenvalue weighted by atomic mass is 10.1. The first-order valence-electron chi connectivity index (χ1n) is 6.00. The molecule has 0 unspecified atom stereocenters. The molecule has 0 heterocycles. The summed E-state index contributed by atoms with van der Waals surface area (Å²) >= 11 is 0. The van der Waals surface area contributed by atoms with Crippen LogP contribution in [0.4, 0.5) is 0 Å². The number of carbonyl (C=O) groups is 1. The van der Waals surface area contributed by atoms with Crippen LogP contribution in [0.25, 0.3) is 0 Å². The maximum atomic E-state index is 11.1. The van der Waals surface area contributed by atoms with Gasteiger partial charge in [-0.3, -0.25) is 9.69 Å². The number of rotatable bonds is 8. The van der Waals surface area contributed by atoms with Crippen molar-refractivity contribution in [2.45, 2.75) is 13.0 Å². The second-order valence-corrected chi connectivity index (χ2v) is 4.14. The van der Waals surface area contributed by atoms with E-state index < -0.39 is 5.91 Å². The van der Waals surface area contributed by atoms with Crippen molar-refractivity contribution < 1.29 is 15.0 Å². The molecular formula is C13H20N2O3. The van der Waals surface area contributed by atoms with Crippen molar-refractivity contribution >= 4 is 5.91 Å². The van der Waals surface area contributed by atoms with Crippen LogP contribution in [-0.2, 0) is 6.54 Å². The Kier molecular flexibility index (Phi) is 6.35. The molecule has 100 valence electrons. The normalized spacial score (nSPS) is 10.8. The quantitative estimate of drug-likeness (QED) is 0.606. The monoisotopic (exact) mass is 252 g/mol. The van der Waals surface area contributed by atoms with Gasteiger partial charge in [0.15, 0.2) is 0 Å². The molecule has 0 aliphatic heterocycles. The van der Waals surface area contributed by atoms with Crippen molar-refractivity contribution in [3.05, 3.63) is 35.4 Å². The van der Waals surface area contributed by atoms with E-state index in [0.29, 0.717) is 31.6 Å². The van der Waals surface area contributed by atoms with E-state index in [9.17, 15) is 4.79 Å². The lowest BCUT2D eigenvalue weighted by Crippen LogP contribution is -2.28. The second kappa shape index (κ2) is 7.81. The fourth-order valence-corrected chi connectivity index (χ4v) is 1.79. The van der Waals surface area contributed by atoms with Gasteiger partial charge in [0.05, 0.1) is 6.61 Å². The zero-order valence-corrected chi connectivity index (χ0v) is 10.4. The lowest BCUT2D eigenvalue weighted by molar-refractivity contribution is 0.1000. The summed E-state index contributed by atoms with van der Waals surface area (Å²) in [6.45, 7) is 2.07. The molecule has 0 saturated heterocycles. The maximum Gasteiger partial charge on any atom is 0.248 e. The summed E-state index contributed by atoms with van der Waals surface area (Å²) in [5.74, 6) is -0.444. The van der Waals surface area contributed by atoms with Crippen molar-refractivity contribution in [3.8, 4) is 0 Å². The highest BCUT2D eigenvalue weighted by Gasteiger charge is 2.07. The molecule has 1 amide bonds. The first-order chi connectivity index (χ1) is 8.67. The van der Waals surface area contributed by atoms with Gasteiger partial charge in [0.1, 0.15) is 0 Å². The summed E-state index contributed by atoms with van der Waals surface area (Å²) in [6.07, 6.45) is 0.662. The van der Waals surface area contributed by atoms with Gasteiger partial charge in [-0.05, 0) is 24.1 Å². The zero-order valence-electron chi connectivity index (χ0n) is 10.4. The van der Waals surface area contributed by atoms with E-state index in [4.69, 9.17) is 15.9 Å². The Morgan fingerprint density at radius 2 is 2.00 bits per heavy atom. The molecule has 1 aromatic rings. The largest absolute Gasteiger partial charge is 0.396 e. The molecule has 5 heteroatoms. The summed E-state index contributed by atoms with van der Waals surface area (Å²) in [4.78, 5) is 13.1. The number of aliphatic hydroxyl groups is 2. The first kappa shape index (κ1) is 14.6. The highest BCUT2D eigenvalue weighted by atomic mass is 16.3. The predicted octanol–water partition coefficient (Wildman–Crippen LogP) is -0.0378. The Labute approximate surface area is 107 Å². The van der Waals surface area contributed by atoms with Gasteiger partial charge in [-0.25, -0.2) is 0 Å². The van der Waals surface area contributed by atoms with Crippen LogP contribution >= 0.6 is 0 Å². The molecule has 0 spiro atoms. The third-order valence-corrected chi connectivity index (χ3v) is 2.67. The Bertz CT molecular complexity index is 382. The standard InChI is InChI=1S/C13H20N2O3/c14-13(18)12-4-1-3-11(9-12)10-15(6-8-17)5-2-7-16/h1,3-4,9,16-17H,2,5-8,10H2,(H2,14,18). The van der Waals surface area contributed by atoms with Gasteiger partial charge in [-0.15, -0.1) is 0 Å². The molecule has 0 aromatic heterocycles. The predicted molar refractivity (Wildman–Crippen MR) is 69.0 cm³/mol. The number of hydrogen-bond acceptors (Lipinski definition) is 4. The van der Waals surface area contributed by atoms with Crippen LogP contribution in [0.3, 0.4) is 0 Å². The van der Waals surface area contributed by atoms with Crippen molar-refractivity contribution in [2.24, 2.45) is 5.73 Å². The number of benzene rings is 1. The summed E-state index contributed by atoms with van der Waals surface area (Å²) in [6, 6.07) is 7.13. The molecule has 0 bridgehead atoms. The summed E-state index contributed by atoms with van der Waals surface area (Å²) in [7, 11) is 0. The van der Waals surface area contributed by atoms with Crippen molar-refractivity contribution in [2.75, 3.05) is 26.3 Å². The van der Waals surface area contributed by atoms with Crippen LogP contribution in [0.2, 0.25) is 0 Å². The van der Waals surface area contributed by atoms with Gasteiger partial charge in [-0.2, -0.15) is 0 Å². The van der Waals surface area contributed by atoms with E-state index in [-0.39, 0.29) is 13.2 Å². The minimum absolute atomic E-state index is 0.0704. The van der Waals surface area contributed by atoms with Crippen LogP contribution in [-0.4, -0.2) is 47.3 Å². The zero-order chi connectivity index (χ0) is 13.4. The highest BCUT2D eigenvalue weighted by molar-refractivity contribution is 5.92. The van der Waals surface area contributed by atoms with Crippen molar-refractivity contribution in [1.82, 2.24) is 4.90 Å². The smallest absolute Gasteiger partial charge is 0.248 e. The van der Waals surface area contributed by atoms with Gasteiger partial charge in [0.2, 0.25) is 5.91 Å². The average molecular weight is 252 g/mol. The third-order valence-electron chi connectivity index (χ3n) is 2.67. The lowest BCUT2D eigenvalue weighted by Gasteiger charge is -2.21. The molecule has 0 saturated carbocycles. The third kappa shape index (κ3) is 4.83. The molecule has 0 atom stereocenters. The Balaban J connectivity index is 2.67. The van der Waals surface area contributed by atoms with Crippen LogP contribution in [0.15, 0.2) is 24.3 Å². The van der Waals surface area contributed by atoms with E-state index in [1.807, 2.05) is 11.0 Å². The van der Waals surface area contributed by atoms with E-state index in [1.165, 1.54) is 0 Å². The Morgan fingerprint density at radius 1 is 1.22 bits per heavy atom. The minimum atomic E-state index is -0.444. The molecule has 1 rings (SSSR count).